The molecular formula is C15H20FIN6. The van der Waals surface area contributed by atoms with Gasteiger partial charge < -0.3 is 10.6 Å². The van der Waals surface area contributed by atoms with Gasteiger partial charge in [0, 0.05) is 13.1 Å². The summed E-state index contributed by atoms with van der Waals surface area (Å²) in [6.45, 7) is 0.824. The van der Waals surface area contributed by atoms with Crippen molar-refractivity contribution in [2.75, 3.05) is 7.05 Å². The molecule has 0 radical (unpaired) electrons. The molecule has 0 bridgehead atoms. The zero-order valence-corrected chi connectivity index (χ0v) is 15.2. The van der Waals surface area contributed by atoms with Crippen molar-refractivity contribution < 1.29 is 4.39 Å². The predicted molar refractivity (Wildman–Crippen MR) is 97.1 cm³/mol. The van der Waals surface area contributed by atoms with Crippen LogP contribution in [0.2, 0.25) is 0 Å². The number of nitrogens with two attached hydrogens (primary N) is 1. The first-order chi connectivity index (χ1) is 10.6. The Morgan fingerprint density at radius 3 is 2.96 bits per heavy atom. The molecule has 6 nitrogen and oxygen atoms in total. The van der Waals surface area contributed by atoms with Gasteiger partial charge in [0.25, 0.3) is 0 Å². The van der Waals surface area contributed by atoms with Gasteiger partial charge in [0.15, 0.2) is 11.8 Å². The summed E-state index contributed by atoms with van der Waals surface area (Å²) in [6.07, 6.45) is 3.97. The normalized spacial score (nSPS) is 14.4. The van der Waals surface area contributed by atoms with Gasteiger partial charge in [-0.05, 0) is 30.5 Å². The minimum absolute atomic E-state index is 0. The lowest BCUT2D eigenvalue weighted by Gasteiger charge is -2.16. The van der Waals surface area contributed by atoms with Crippen molar-refractivity contribution in [3.63, 3.8) is 0 Å². The van der Waals surface area contributed by atoms with Crippen LogP contribution in [0.4, 0.5) is 4.39 Å². The summed E-state index contributed by atoms with van der Waals surface area (Å²) in [6, 6.07) is 6.97. The van der Waals surface area contributed by atoms with Crippen molar-refractivity contribution in [2.45, 2.75) is 32.0 Å². The highest BCUT2D eigenvalue weighted by atomic mass is 127. The smallest absolute Gasteiger partial charge is 0.191 e. The maximum absolute atomic E-state index is 13.1. The molecule has 1 aliphatic carbocycles. The lowest BCUT2D eigenvalue weighted by molar-refractivity contribution is 0.487. The first-order valence-electron chi connectivity index (χ1n) is 7.27. The number of hydrogen-bond donors (Lipinski definition) is 1. The molecule has 0 spiro atoms. The predicted octanol–water partition coefficient (Wildman–Crippen LogP) is 1.99. The molecule has 0 aliphatic heterocycles. The van der Waals surface area contributed by atoms with Gasteiger partial charge in [-0.25, -0.2) is 19.0 Å². The molecule has 23 heavy (non-hydrogen) atoms. The van der Waals surface area contributed by atoms with Gasteiger partial charge >= 0.3 is 0 Å². The second-order valence-corrected chi connectivity index (χ2v) is 5.50. The zero-order chi connectivity index (χ0) is 15.5. The molecular weight excluding hydrogens is 410 g/mol. The molecule has 0 saturated heterocycles. The van der Waals surface area contributed by atoms with E-state index in [9.17, 15) is 4.39 Å². The van der Waals surface area contributed by atoms with E-state index < -0.39 is 0 Å². The molecule has 1 aromatic carbocycles. The molecule has 0 amide bonds. The van der Waals surface area contributed by atoms with Crippen molar-refractivity contribution in [2.24, 2.45) is 10.7 Å². The standard InChI is InChI=1S/C15H19FN6.HI/c1-21(13-5-6-13)15(17)18-8-14-19-10-22(20-14)9-11-3-2-4-12(16)7-11;/h2-4,7,10,13H,5-6,8-9H2,1H3,(H2,17,18);1H. The van der Waals surface area contributed by atoms with E-state index in [0.717, 1.165) is 5.56 Å². The fourth-order valence-electron chi connectivity index (χ4n) is 2.22. The number of guanidine groups is 1. The first-order valence-corrected chi connectivity index (χ1v) is 7.27. The lowest BCUT2D eigenvalue weighted by Crippen LogP contribution is -2.35. The van der Waals surface area contributed by atoms with Crippen LogP contribution in [-0.2, 0) is 13.1 Å². The first kappa shape index (κ1) is 17.6. The Morgan fingerprint density at radius 2 is 2.26 bits per heavy atom. The number of halogens is 2. The third kappa shape index (κ3) is 4.88. The van der Waals surface area contributed by atoms with Crippen LogP contribution < -0.4 is 5.73 Å². The van der Waals surface area contributed by atoms with E-state index in [1.54, 1.807) is 17.1 Å². The van der Waals surface area contributed by atoms with Crippen LogP contribution in [0.15, 0.2) is 35.6 Å². The SMILES string of the molecule is CN(C(N)=NCc1ncn(Cc2cccc(F)c2)n1)C1CC1.I. The van der Waals surface area contributed by atoms with Gasteiger partial charge in [0.1, 0.15) is 18.7 Å². The molecule has 0 atom stereocenters. The average molecular weight is 430 g/mol. The minimum atomic E-state index is -0.252. The van der Waals surface area contributed by atoms with E-state index in [1.165, 1.54) is 25.0 Å². The molecule has 1 saturated carbocycles. The minimum Gasteiger partial charge on any atom is -0.370 e. The highest BCUT2D eigenvalue weighted by molar-refractivity contribution is 14.0. The van der Waals surface area contributed by atoms with E-state index in [-0.39, 0.29) is 29.8 Å². The van der Waals surface area contributed by atoms with Crippen LogP contribution in [0.25, 0.3) is 0 Å². The molecule has 0 unspecified atom stereocenters. The number of aromatic nitrogens is 3. The number of hydrogen-bond acceptors (Lipinski definition) is 3. The average Bonchev–Trinajstić information content (AvgIpc) is 3.25. The van der Waals surface area contributed by atoms with Crippen LogP contribution in [0.5, 0.6) is 0 Å². The quantitative estimate of drug-likeness (QED) is 0.448. The second kappa shape index (κ2) is 7.71. The molecule has 2 aromatic rings. The third-order valence-corrected chi connectivity index (χ3v) is 3.66. The van der Waals surface area contributed by atoms with E-state index in [1.807, 2.05) is 18.0 Å². The van der Waals surface area contributed by atoms with Crippen LogP contribution in [0.3, 0.4) is 0 Å². The number of benzene rings is 1. The Kier molecular flexibility index (Phi) is 5.91. The third-order valence-electron chi connectivity index (χ3n) is 3.66. The molecule has 124 valence electrons. The summed E-state index contributed by atoms with van der Waals surface area (Å²) in [5.41, 5.74) is 6.77. The molecule has 1 heterocycles. The Hall–Kier alpha value is -1.71. The van der Waals surface area contributed by atoms with Crippen molar-refractivity contribution in [1.82, 2.24) is 19.7 Å². The molecule has 2 N–H and O–H groups in total. The van der Waals surface area contributed by atoms with E-state index >= 15 is 0 Å². The van der Waals surface area contributed by atoms with Crippen molar-refractivity contribution >= 4 is 29.9 Å². The summed E-state index contributed by atoms with van der Waals surface area (Å²) in [5, 5.41) is 4.33. The summed E-state index contributed by atoms with van der Waals surface area (Å²) >= 11 is 0. The van der Waals surface area contributed by atoms with E-state index in [2.05, 4.69) is 15.1 Å². The van der Waals surface area contributed by atoms with Gasteiger partial charge in [-0.3, -0.25) is 0 Å². The van der Waals surface area contributed by atoms with Gasteiger partial charge in [0.2, 0.25) is 0 Å². The van der Waals surface area contributed by atoms with Gasteiger partial charge in [-0.2, -0.15) is 5.10 Å². The van der Waals surface area contributed by atoms with Crippen LogP contribution in [0, 0.1) is 5.82 Å². The molecule has 1 fully saturated rings. The molecule has 8 heteroatoms. The fraction of sp³-hybridized carbons (Fsp3) is 0.400. The van der Waals surface area contributed by atoms with E-state index in [0.29, 0.717) is 30.9 Å². The molecule has 3 rings (SSSR count). The van der Waals surface area contributed by atoms with Gasteiger partial charge in [0.05, 0.1) is 6.54 Å². The van der Waals surface area contributed by atoms with Crippen molar-refractivity contribution in [3.05, 3.63) is 47.8 Å². The molecule has 1 aliphatic rings. The van der Waals surface area contributed by atoms with Crippen molar-refractivity contribution in [1.29, 1.82) is 0 Å². The largest absolute Gasteiger partial charge is 0.370 e. The zero-order valence-electron chi connectivity index (χ0n) is 12.9. The number of nitrogens with zero attached hydrogens (tertiary/aromatic N) is 5. The van der Waals surface area contributed by atoms with Crippen LogP contribution in [-0.4, -0.2) is 38.7 Å². The summed E-state index contributed by atoms with van der Waals surface area (Å²) < 4.78 is 14.8. The Labute approximate surface area is 151 Å². The summed E-state index contributed by atoms with van der Waals surface area (Å²) in [7, 11) is 1.95. The van der Waals surface area contributed by atoms with Gasteiger partial charge in [-0.1, -0.05) is 12.1 Å². The summed E-state index contributed by atoms with van der Waals surface area (Å²) in [5.74, 6) is 0.867. The fourth-order valence-corrected chi connectivity index (χ4v) is 2.22. The monoisotopic (exact) mass is 430 g/mol. The topological polar surface area (TPSA) is 72.3 Å². The Morgan fingerprint density at radius 1 is 1.48 bits per heavy atom. The maximum Gasteiger partial charge on any atom is 0.191 e. The van der Waals surface area contributed by atoms with Crippen LogP contribution in [0.1, 0.15) is 24.2 Å². The second-order valence-electron chi connectivity index (χ2n) is 5.50. The van der Waals surface area contributed by atoms with E-state index in [4.69, 9.17) is 5.73 Å². The number of aliphatic imine (C=N–C) groups is 1. The number of rotatable bonds is 5. The molecule has 1 aromatic heterocycles. The maximum atomic E-state index is 13.1. The highest BCUT2D eigenvalue weighted by Gasteiger charge is 2.27. The van der Waals surface area contributed by atoms with Crippen LogP contribution >= 0.6 is 24.0 Å². The van der Waals surface area contributed by atoms with Crippen molar-refractivity contribution in [3.8, 4) is 0 Å². The Bertz CT molecular complexity index is 682. The Balaban J connectivity index is 0.00000192. The van der Waals surface area contributed by atoms with Gasteiger partial charge in [-0.15, -0.1) is 24.0 Å². The lowest BCUT2D eigenvalue weighted by atomic mass is 10.2. The summed E-state index contributed by atoms with van der Waals surface area (Å²) in [4.78, 5) is 10.5. The highest BCUT2D eigenvalue weighted by Crippen LogP contribution is 2.24.